The van der Waals surface area contributed by atoms with Crippen molar-refractivity contribution in [3.63, 3.8) is 0 Å². The Morgan fingerprint density at radius 1 is 0.429 bits per heavy atom. The summed E-state index contributed by atoms with van der Waals surface area (Å²) in [5.74, 6) is 1.31. The molecule has 0 fully saturated rings. The van der Waals surface area contributed by atoms with Gasteiger partial charge in [-0.2, -0.15) is 0 Å². The lowest BCUT2D eigenvalue weighted by Crippen LogP contribution is -1.97. The van der Waals surface area contributed by atoms with E-state index in [1.807, 2.05) is 0 Å². The molecule has 0 bridgehead atoms. The molecule has 4 rings (SSSR count). The molecule has 99 valence electrons. The highest BCUT2D eigenvalue weighted by molar-refractivity contribution is 5.84. The first-order chi connectivity index (χ1) is 10.4. The van der Waals surface area contributed by atoms with E-state index < -0.39 is 0 Å². The summed E-state index contributed by atoms with van der Waals surface area (Å²) in [6.07, 6.45) is 4.46. The van der Waals surface area contributed by atoms with Crippen molar-refractivity contribution >= 4 is 6.08 Å². The van der Waals surface area contributed by atoms with E-state index in [0.29, 0.717) is 0 Å². The van der Waals surface area contributed by atoms with Crippen molar-refractivity contribution in [1.82, 2.24) is 0 Å². The van der Waals surface area contributed by atoms with Gasteiger partial charge in [-0.25, -0.2) is 0 Å². The molecular formula is C21H15. The molecule has 0 heterocycles. The summed E-state index contributed by atoms with van der Waals surface area (Å²) in [6.45, 7) is 0. The molecule has 0 N–H and O–H groups in total. The van der Waals surface area contributed by atoms with Crippen LogP contribution in [0.3, 0.4) is 0 Å². The summed E-state index contributed by atoms with van der Waals surface area (Å²) in [7, 11) is 0. The maximum absolute atomic E-state index is 2.24. The highest BCUT2D eigenvalue weighted by atomic mass is 14.2. The summed E-state index contributed by atoms with van der Waals surface area (Å²) >= 11 is 0. The van der Waals surface area contributed by atoms with Gasteiger partial charge in [0.05, 0.1) is 5.92 Å². The Bertz CT molecular complexity index is 783. The second kappa shape index (κ2) is 5.06. The zero-order valence-electron chi connectivity index (χ0n) is 11.7. The van der Waals surface area contributed by atoms with Crippen molar-refractivity contribution in [2.24, 2.45) is 0 Å². The molecule has 0 unspecified atom stereocenters. The third-order valence-corrected chi connectivity index (χ3v) is 3.98. The molecule has 0 nitrogen and oxygen atoms in total. The average Bonchev–Trinajstić information content (AvgIpc) is 3.00. The minimum Gasteiger partial charge on any atom is -0.0674 e. The maximum atomic E-state index is 2.24. The first kappa shape index (κ1) is 12.2. The molecule has 0 aromatic heterocycles. The third-order valence-electron chi connectivity index (χ3n) is 3.98. The van der Waals surface area contributed by atoms with E-state index in [4.69, 9.17) is 0 Å². The molecule has 21 heavy (non-hydrogen) atoms. The maximum Gasteiger partial charge on any atom is 0.0563 e. The molecule has 1 radical (unpaired) electrons. The molecular weight excluding hydrogens is 252 g/mol. The van der Waals surface area contributed by atoms with Crippen LogP contribution in [-0.2, 0) is 0 Å². The van der Waals surface area contributed by atoms with Crippen LogP contribution in [0.15, 0.2) is 84.9 Å². The second-order valence-electron chi connectivity index (χ2n) is 5.25. The average molecular weight is 267 g/mol. The van der Waals surface area contributed by atoms with Crippen molar-refractivity contribution in [3.05, 3.63) is 108 Å². The largest absolute Gasteiger partial charge is 0.0674 e. The molecule has 1 aliphatic carbocycles. The quantitative estimate of drug-likeness (QED) is 0.587. The van der Waals surface area contributed by atoms with Crippen LogP contribution in [0.5, 0.6) is 0 Å². The van der Waals surface area contributed by atoms with Crippen LogP contribution < -0.4 is 0 Å². The molecule has 0 amide bonds. The van der Waals surface area contributed by atoms with E-state index in [0.717, 1.165) is 0 Å². The van der Waals surface area contributed by atoms with Crippen LogP contribution in [0.25, 0.3) is 17.2 Å². The van der Waals surface area contributed by atoms with E-state index in [1.54, 1.807) is 0 Å². The Morgan fingerprint density at radius 3 is 1.76 bits per heavy atom. The van der Waals surface area contributed by atoms with E-state index in [-0.39, 0.29) is 0 Å². The summed E-state index contributed by atoms with van der Waals surface area (Å²) in [5.41, 5.74) is 6.49. The molecule has 3 aromatic carbocycles. The number of hydrogen-bond acceptors (Lipinski definition) is 0. The highest BCUT2D eigenvalue weighted by Crippen LogP contribution is 2.39. The van der Waals surface area contributed by atoms with Crippen LogP contribution in [-0.4, -0.2) is 0 Å². The number of fused-ring (bicyclic) bond motifs is 1. The highest BCUT2D eigenvalue weighted by Gasteiger charge is 2.21. The molecule has 0 atom stereocenters. The van der Waals surface area contributed by atoms with E-state index >= 15 is 0 Å². The van der Waals surface area contributed by atoms with Gasteiger partial charge >= 0.3 is 0 Å². The van der Waals surface area contributed by atoms with E-state index in [1.165, 1.54) is 33.7 Å². The van der Waals surface area contributed by atoms with Gasteiger partial charge < -0.3 is 0 Å². The fraction of sp³-hybridized carbons (Fsp3) is 0. The molecule has 0 saturated carbocycles. The topological polar surface area (TPSA) is 0 Å². The first-order valence-corrected chi connectivity index (χ1v) is 7.23. The number of benzene rings is 3. The predicted octanol–water partition coefficient (Wildman–Crippen LogP) is 5.35. The summed E-state index contributed by atoms with van der Waals surface area (Å²) in [6, 6.07) is 27.7. The van der Waals surface area contributed by atoms with Gasteiger partial charge in [0.1, 0.15) is 0 Å². The van der Waals surface area contributed by atoms with Crippen LogP contribution in [0.1, 0.15) is 16.7 Å². The Hall–Kier alpha value is -2.60. The van der Waals surface area contributed by atoms with Crippen molar-refractivity contribution in [1.29, 1.82) is 0 Å². The number of hydrogen-bond donors (Lipinski definition) is 0. The minimum atomic E-state index is 1.27. The Kier molecular flexibility index (Phi) is 2.93. The lowest BCUT2D eigenvalue weighted by molar-refractivity contribution is 1.31. The Labute approximate surface area is 125 Å². The van der Waals surface area contributed by atoms with Gasteiger partial charge in [-0.1, -0.05) is 91.0 Å². The van der Waals surface area contributed by atoms with Crippen LogP contribution in [0, 0.1) is 5.92 Å². The summed E-state index contributed by atoms with van der Waals surface area (Å²) < 4.78 is 0. The van der Waals surface area contributed by atoms with Gasteiger partial charge in [-0.05, 0) is 27.8 Å². The Morgan fingerprint density at radius 2 is 1.05 bits per heavy atom. The minimum absolute atomic E-state index is 1.27. The zero-order valence-corrected chi connectivity index (χ0v) is 11.7. The van der Waals surface area contributed by atoms with Gasteiger partial charge in [-0.15, -0.1) is 0 Å². The first-order valence-electron chi connectivity index (χ1n) is 7.23. The molecule has 0 spiro atoms. The van der Waals surface area contributed by atoms with E-state index in [2.05, 4.69) is 91.0 Å². The van der Waals surface area contributed by atoms with Gasteiger partial charge in [-0.3, -0.25) is 0 Å². The zero-order chi connectivity index (χ0) is 14.1. The fourth-order valence-corrected chi connectivity index (χ4v) is 2.97. The standard InChI is InChI=1S/C21H15/c1-3-8-16(9-4-1)18-12-7-13-20-19(14-15-21(18)20)17-10-5-2-6-11-17/h1-15H. The van der Waals surface area contributed by atoms with Crippen LogP contribution in [0.2, 0.25) is 0 Å². The van der Waals surface area contributed by atoms with Crippen molar-refractivity contribution in [3.8, 4) is 11.1 Å². The number of rotatable bonds is 2. The van der Waals surface area contributed by atoms with E-state index in [9.17, 15) is 0 Å². The molecule has 0 heteroatoms. The smallest absolute Gasteiger partial charge is 0.0563 e. The van der Waals surface area contributed by atoms with Crippen LogP contribution in [0.4, 0.5) is 0 Å². The normalized spacial score (nSPS) is 13.3. The molecule has 0 saturated heterocycles. The van der Waals surface area contributed by atoms with Gasteiger partial charge in [0.15, 0.2) is 0 Å². The summed E-state index contributed by atoms with van der Waals surface area (Å²) in [5, 5.41) is 0. The predicted molar refractivity (Wildman–Crippen MR) is 88.8 cm³/mol. The van der Waals surface area contributed by atoms with Gasteiger partial charge in [0.25, 0.3) is 0 Å². The monoisotopic (exact) mass is 267 g/mol. The SMILES string of the molecule is C1=Cc2c(cccc2-c2ccccc2)[C]1c1ccccc1. The number of allylic oxidation sites excluding steroid dienone is 1. The molecule has 1 aliphatic rings. The lowest BCUT2D eigenvalue weighted by Gasteiger charge is -2.13. The van der Waals surface area contributed by atoms with Crippen molar-refractivity contribution in [2.75, 3.05) is 0 Å². The molecule has 0 aliphatic heterocycles. The summed E-state index contributed by atoms with van der Waals surface area (Å²) in [4.78, 5) is 0. The third kappa shape index (κ3) is 2.09. The lowest BCUT2D eigenvalue weighted by atomic mass is 9.90. The second-order valence-corrected chi connectivity index (χ2v) is 5.25. The Balaban J connectivity index is 1.84. The van der Waals surface area contributed by atoms with Crippen molar-refractivity contribution < 1.29 is 0 Å². The van der Waals surface area contributed by atoms with Gasteiger partial charge in [0, 0.05) is 0 Å². The van der Waals surface area contributed by atoms with Gasteiger partial charge in [0.2, 0.25) is 0 Å². The molecule has 3 aromatic rings. The fourth-order valence-electron chi connectivity index (χ4n) is 2.97. The van der Waals surface area contributed by atoms with Crippen LogP contribution >= 0.6 is 0 Å². The van der Waals surface area contributed by atoms with Crippen molar-refractivity contribution in [2.45, 2.75) is 0 Å².